The van der Waals surface area contributed by atoms with Gasteiger partial charge in [-0.05, 0) is 25.3 Å². The summed E-state index contributed by atoms with van der Waals surface area (Å²) in [6.45, 7) is 2.01. The molecule has 0 radical (unpaired) electrons. The molecular formula is C12H19N3O4S. The number of carboxylic acids is 1. The van der Waals surface area contributed by atoms with Crippen LogP contribution in [0, 0.1) is 5.92 Å². The van der Waals surface area contributed by atoms with Gasteiger partial charge in [0.05, 0.1) is 11.9 Å². The van der Waals surface area contributed by atoms with Gasteiger partial charge in [0.25, 0.3) is 0 Å². The number of H-pyrrole nitrogens is 1. The minimum absolute atomic E-state index is 0.107. The molecule has 0 spiro atoms. The van der Waals surface area contributed by atoms with E-state index in [1.807, 2.05) is 0 Å². The van der Waals surface area contributed by atoms with Gasteiger partial charge in [0, 0.05) is 24.9 Å². The number of rotatable bonds is 5. The second-order valence-electron chi connectivity index (χ2n) is 5.41. The molecule has 0 bridgehead atoms. The van der Waals surface area contributed by atoms with E-state index in [0.29, 0.717) is 18.7 Å². The van der Waals surface area contributed by atoms with Gasteiger partial charge >= 0.3 is 5.97 Å². The smallest absolute Gasteiger partial charge is 0.354 e. The van der Waals surface area contributed by atoms with Gasteiger partial charge in [-0.2, -0.15) is 5.10 Å². The molecule has 1 fully saturated rings. The molecule has 1 aliphatic heterocycles. The molecule has 0 saturated carbocycles. The van der Waals surface area contributed by atoms with Crippen molar-refractivity contribution in [1.29, 1.82) is 0 Å². The maximum absolute atomic E-state index is 11.4. The summed E-state index contributed by atoms with van der Waals surface area (Å²) in [6, 6.07) is 0. The second-order valence-corrected chi connectivity index (χ2v) is 7.60. The first-order valence-electron chi connectivity index (χ1n) is 6.51. The summed E-state index contributed by atoms with van der Waals surface area (Å²) in [5.74, 6) is -0.707. The summed E-state index contributed by atoms with van der Waals surface area (Å²) in [4.78, 5) is 13.1. The van der Waals surface area contributed by atoms with E-state index in [0.717, 1.165) is 19.4 Å². The van der Waals surface area contributed by atoms with E-state index in [2.05, 4.69) is 15.1 Å². The first-order valence-corrected chi connectivity index (χ1v) is 8.57. The van der Waals surface area contributed by atoms with Crippen LogP contribution in [-0.4, -0.2) is 59.7 Å². The molecule has 0 aromatic carbocycles. The number of piperidine rings is 1. The van der Waals surface area contributed by atoms with Gasteiger partial charge in [0.2, 0.25) is 0 Å². The Labute approximate surface area is 117 Å². The summed E-state index contributed by atoms with van der Waals surface area (Å²) < 4.78 is 22.7. The van der Waals surface area contributed by atoms with Gasteiger partial charge in [0.1, 0.15) is 15.5 Å². The number of carboxylic acid groups (broad SMARTS) is 1. The van der Waals surface area contributed by atoms with Crippen molar-refractivity contribution < 1.29 is 18.3 Å². The maximum Gasteiger partial charge on any atom is 0.354 e. The molecule has 1 saturated heterocycles. The van der Waals surface area contributed by atoms with Crippen molar-refractivity contribution in [2.75, 3.05) is 25.1 Å². The molecule has 1 aromatic rings. The lowest BCUT2D eigenvalue weighted by molar-refractivity contribution is 0.0687. The summed E-state index contributed by atoms with van der Waals surface area (Å²) >= 11 is 0. The minimum atomic E-state index is -2.97. The molecule has 1 aliphatic rings. The third kappa shape index (κ3) is 4.04. The van der Waals surface area contributed by atoms with E-state index in [9.17, 15) is 13.2 Å². The topological polar surface area (TPSA) is 103 Å². The summed E-state index contributed by atoms with van der Waals surface area (Å²) in [7, 11) is -2.97. The van der Waals surface area contributed by atoms with E-state index >= 15 is 0 Å². The summed E-state index contributed by atoms with van der Waals surface area (Å²) in [5, 5.41) is 15.3. The van der Waals surface area contributed by atoms with Crippen LogP contribution in [0.4, 0.5) is 0 Å². The summed E-state index contributed by atoms with van der Waals surface area (Å²) in [5.41, 5.74) is 0.743. The standard InChI is InChI=1S/C12H19N3O4S/c1-20(18,19)8-9-3-2-4-15(6-9)7-10-5-13-14-11(10)12(16)17/h5,9H,2-4,6-8H2,1H3,(H,13,14)(H,16,17)/t9-/m1/s1. The number of aromatic carboxylic acids is 1. The third-order valence-corrected chi connectivity index (χ3v) is 4.54. The number of aromatic amines is 1. The number of aromatic nitrogens is 2. The van der Waals surface area contributed by atoms with Crippen molar-refractivity contribution in [3.63, 3.8) is 0 Å². The number of likely N-dealkylation sites (tertiary alicyclic amines) is 1. The van der Waals surface area contributed by atoms with Crippen LogP contribution in [0.15, 0.2) is 6.20 Å². The molecular weight excluding hydrogens is 282 g/mol. The predicted octanol–water partition coefficient (Wildman–Crippen LogP) is 0.364. The Morgan fingerprint density at radius 1 is 1.60 bits per heavy atom. The van der Waals surface area contributed by atoms with Gasteiger partial charge in [-0.3, -0.25) is 10.00 Å². The lowest BCUT2D eigenvalue weighted by Crippen LogP contribution is -2.37. The Kier molecular flexibility index (Phi) is 4.44. The molecule has 112 valence electrons. The normalized spacial score (nSPS) is 20.9. The van der Waals surface area contributed by atoms with Crippen molar-refractivity contribution in [3.8, 4) is 0 Å². The number of hydrogen-bond acceptors (Lipinski definition) is 5. The number of nitrogens with one attached hydrogen (secondary N) is 1. The fourth-order valence-corrected chi connectivity index (χ4v) is 3.84. The van der Waals surface area contributed by atoms with E-state index in [1.165, 1.54) is 12.5 Å². The van der Waals surface area contributed by atoms with Crippen LogP contribution in [0.1, 0.15) is 28.9 Å². The van der Waals surface area contributed by atoms with Gasteiger partial charge < -0.3 is 5.11 Å². The van der Waals surface area contributed by atoms with Crippen LogP contribution in [0.5, 0.6) is 0 Å². The van der Waals surface area contributed by atoms with E-state index in [1.54, 1.807) is 0 Å². The van der Waals surface area contributed by atoms with Crippen LogP contribution in [0.3, 0.4) is 0 Å². The zero-order chi connectivity index (χ0) is 14.8. The Hall–Kier alpha value is -1.41. The average molecular weight is 301 g/mol. The fraction of sp³-hybridized carbons (Fsp3) is 0.667. The van der Waals surface area contributed by atoms with Crippen molar-refractivity contribution in [1.82, 2.24) is 15.1 Å². The Balaban J connectivity index is 1.99. The van der Waals surface area contributed by atoms with Crippen molar-refractivity contribution in [3.05, 3.63) is 17.5 Å². The fourth-order valence-electron chi connectivity index (χ4n) is 2.72. The van der Waals surface area contributed by atoms with Gasteiger partial charge in [-0.25, -0.2) is 13.2 Å². The monoisotopic (exact) mass is 301 g/mol. The first-order chi connectivity index (χ1) is 9.35. The average Bonchev–Trinajstić information content (AvgIpc) is 2.75. The van der Waals surface area contributed by atoms with Gasteiger partial charge in [-0.15, -0.1) is 0 Å². The number of nitrogens with zero attached hydrogens (tertiary/aromatic N) is 2. The number of carbonyl (C=O) groups is 1. The molecule has 7 nitrogen and oxygen atoms in total. The predicted molar refractivity (Wildman–Crippen MR) is 73.3 cm³/mol. The highest BCUT2D eigenvalue weighted by Crippen LogP contribution is 2.20. The number of hydrogen-bond donors (Lipinski definition) is 2. The third-order valence-electron chi connectivity index (χ3n) is 3.47. The van der Waals surface area contributed by atoms with Crippen LogP contribution >= 0.6 is 0 Å². The minimum Gasteiger partial charge on any atom is -0.477 e. The highest BCUT2D eigenvalue weighted by atomic mass is 32.2. The molecule has 0 amide bonds. The second kappa shape index (κ2) is 5.92. The molecule has 0 aliphatic carbocycles. The van der Waals surface area contributed by atoms with E-state index < -0.39 is 15.8 Å². The lowest BCUT2D eigenvalue weighted by Gasteiger charge is -2.32. The molecule has 0 unspecified atom stereocenters. The Morgan fingerprint density at radius 2 is 2.35 bits per heavy atom. The van der Waals surface area contributed by atoms with Crippen molar-refractivity contribution >= 4 is 15.8 Å². The van der Waals surface area contributed by atoms with E-state index in [4.69, 9.17) is 5.11 Å². The maximum atomic E-state index is 11.4. The Bertz CT molecular complexity index is 581. The molecule has 2 N–H and O–H groups in total. The molecule has 20 heavy (non-hydrogen) atoms. The molecule has 1 atom stereocenters. The number of sulfone groups is 1. The van der Waals surface area contributed by atoms with Crippen molar-refractivity contribution in [2.24, 2.45) is 5.92 Å². The molecule has 2 rings (SSSR count). The highest BCUT2D eigenvalue weighted by Gasteiger charge is 2.24. The molecule has 2 heterocycles. The van der Waals surface area contributed by atoms with Gasteiger partial charge in [0.15, 0.2) is 0 Å². The van der Waals surface area contributed by atoms with Crippen LogP contribution in [0.25, 0.3) is 0 Å². The summed E-state index contributed by atoms with van der Waals surface area (Å²) in [6.07, 6.45) is 4.61. The zero-order valence-corrected chi connectivity index (χ0v) is 12.2. The molecule has 1 aromatic heterocycles. The van der Waals surface area contributed by atoms with Crippen molar-refractivity contribution in [2.45, 2.75) is 19.4 Å². The van der Waals surface area contributed by atoms with E-state index in [-0.39, 0.29) is 17.4 Å². The van der Waals surface area contributed by atoms with Gasteiger partial charge in [-0.1, -0.05) is 0 Å². The SMILES string of the molecule is CS(=O)(=O)C[C@@H]1CCCN(Cc2cn[nH]c2C(=O)O)C1. The Morgan fingerprint density at radius 3 is 3.00 bits per heavy atom. The lowest BCUT2D eigenvalue weighted by atomic mass is 9.99. The van der Waals surface area contributed by atoms with Crippen LogP contribution < -0.4 is 0 Å². The molecule has 8 heteroatoms. The van der Waals surface area contributed by atoms with Crippen LogP contribution in [-0.2, 0) is 16.4 Å². The van der Waals surface area contributed by atoms with Crippen LogP contribution in [0.2, 0.25) is 0 Å². The quantitative estimate of drug-likeness (QED) is 0.814. The largest absolute Gasteiger partial charge is 0.477 e. The first kappa shape index (κ1) is 15.0. The zero-order valence-electron chi connectivity index (χ0n) is 11.4. The highest BCUT2D eigenvalue weighted by molar-refractivity contribution is 7.90.